The molecule has 2 saturated heterocycles. The first kappa shape index (κ1) is 17.6. The van der Waals surface area contributed by atoms with Crippen molar-refractivity contribution in [1.82, 2.24) is 4.90 Å². The van der Waals surface area contributed by atoms with Crippen LogP contribution in [0.15, 0.2) is 54.6 Å². The number of para-hydroxylation sites is 1. The molecule has 0 unspecified atom stereocenters. The number of fused-ring (bicyclic) bond motifs is 1. The maximum absolute atomic E-state index is 13.4. The maximum Gasteiger partial charge on any atom is 0.262 e. The zero-order valence-electron chi connectivity index (χ0n) is 14.7. The lowest BCUT2D eigenvalue weighted by molar-refractivity contribution is -0.143. The van der Waals surface area contributed by atoms with Crippen LogP contribution in [-0.2, 0) is 19.2 Å². The van der Waals surface area contributed by atoms with E-state index in [0.717, 1.165) is 5.69 Å². The number of likely N-dealkylation sites (tertiary alicyclic amines) is 1. The summed E-state index contributed by atoms with van der Waals surface area (Å²) in [5, 5.41) is 1.59. The Morgan fingerprint density at radius 2 is 1.74 bits per heavy atom. The van der Waals surface area contributed by atoms with Gasteiger partial charge in [-0.05, 0) is 29.8 Å². The third kappa shape index (κ3) is 2.98. The molecule has 6 nitrogen and oxygen atoms in total. The highest BCUT2D eigenvalue weighted by atomic mass is 19.1. The van der Waals surface area contributed by atoms with Crippen LogP contribution in [0, 0.1) is 11.7 Å². The number of amides is 2. The molecule has 0 spiro atoms. The van der Waals surface area contributed by atoms with Crippen LogP contribution >= 0.6 is 0 Å². The van der Waals surface area contributed by atoms with Gasteiger partial charge in [-0.1, -0.05) is 30.3 Å². The minimum atomic E-state index is -0.899. The van der Waals surface area contributed by atoms with E-state index in [0.29, 0.717) is 5.56 Å². The Labute approximate surface area is 156 Å². The molecule has 0 saturated carbocycles. The van der Waals surface area contributed by atoms with E-state index in [1.807, 2.05) is 30.3 Å². The molecule has 27 heavy (non-hydrogen) atoms. The molecule has 0 aliphatic carbocycles. The molecule has 2 fully saturated rings. The predicted molar refractivity (Wildman–Crippen MR) is 95.0 cm³/mol. The predicted octanol–water partition coefficient (Wildman–Crippen LogP) is 2.32. The molecule has 3 atom stereocenters. The highest BCUT2D eigenvalue weighted by molar-refractivity contribution is 6.07. The molecule has 0 bridgehead atoms. The lowest BCUT2D eigenvalue weighted by atomic mass is 9.90. The number of benzene rings is 2. The molecule has 2 heterocycles. The second kappa shape index (κ2) is 7.09. The van der Waals surface area contributed by atoms with Gasteiger partial charge in [-0.25, -0.2) is 9.45 Å². The van der Waals surface area contributed by atoms with Gasteiger partial charge < -0.3 is 4.74 Å². The molecule has 2 aromatic rings. The van der Waals surface area contributed by atoms with Crippen LogP contribution < -0.4 is 5.06 Å². The minimum absolute atomic E-state index is 0.187. The molecule has 2 aliphatic rings. The number of rotatable bonds is 5. The summed E-state index contributed by atoms with van der Waals surface area (Å²) in [5.74, 6) is -1.72. The van der Waals surface area contributed by atoms with Gasteiger partial charge in [0.1, 0.15) is 11.7 Å². The number of carbonyl (C=O) groups is 2. The Morgan fingerprint density at radius 3 is 2.41 bits per heavy atom. The molecule has 4 rings (SSSR count). The smallest absolute Gasteiger partial charge is 0.262 e. The van der Waals surface area contributed by atoms with Crippen LogP contribution in [0.2, 0.25) is 0 Å². The summed E-state index contributed by atoms with van der Waals surface area (Å²) in [5.41, 5.74) is 1.44. The third-order valence-corrected chi connectivity index (χ3v) is 4.95. The Balaban J connectivity index is 1.73. The number of hydrogen-bond donors (Lipinski definition) is 0. The van der Waals surface area contributed by atoms with Crippen LogP contribution in [0.3, 0.4) is 0 Å². The van der Waals surface area contributed by atoms with Crippen molar-refractivity contribution in [3.63, 3.8) is 0 Å². The highest BCUT2D eigenvalue weighted by Gasteiger charge is 2.59. The quantitative estimate of drug-likeness (QED) is 0.756. The van der Waals surface area contributed by atoms with E-state index < -0.39 is 18.1 Å². The van der Waals surface area contributed by atoms with E-state index in [9.17, 15) is 14.0 Å². The van der Waals surface area contributed by atoms with E-state index in [1.165, 1.54) is 24.1 Å². The van der Waals surface area contributed by atoms with Gasteiger partial charge in [0.25, 0.3) is 5.91 Å². The number of halogens is 1. The Hall–Kier alpha value is -2.77. The molecule has 140 valence electrons. The van der Waals surface area contributed by atoms with Gasteiger partial charge in [-0.15, -0.1) is 0 Å². The van der Waals surface area contributed by atoms with E-state index in [4.69, 9.17) is 9.57 Å². The molecule has 7 heteroatoms. The molecular weight excluding hydrogens is 351 g/mol. The first-order valence-corrected chi connectivity index (χ1v) is 8.72. The summed E-state index contributed by atoms with van der Waals surface area (Å²) in [6, 6.07) is 14.7. The summed E-state index contributed by atoms with van der Waals surface area (Å²) in [6.07, 6.45) is -0.899. The van der Waals surface area contributed by atoms with Gasteiger partial charge in [-0.3, -0.25) is 19.3 Å². The number of carbonyl (C=O) groups excluding carboxylic acids is 2. The average molecular weight is 370 g/mol. The van der Waals surface area contributed by atoms with Crippen LogP contribution in [0.1, 0.15) is 11.6 Å². The van der Waals surface area contributed by atoms with Crippen molar-refractivity contribution in [3.05, 3.63) is 66.0 Å². The number of anilines is 1. The average Bonchev–Trinajstić information content (AvgIpc) is 3.19. The van der Waals surface area contributed by atoms with Gasteiger partial charge in [-0.2, -0.15) is 0 Å². The number of imide groups is 1. The number of methoxy groups -OCH3 is 1. The molecule has 0 aromatic heterocycles. The van der Waals surface area contributed by atoms with Gasteiger partial charge in [0, 0.05) is 7.11 Å². The number of hydrogen-bond acceptors (Lipinski definition) is 5. The minimum Gasteiger partial charge on any atom is -0.383 e. The lowest BCUT2D eigenvalue weighted by Crippen LogP contribution is -2.39. The van der Waals surface area contributed by atoms with Gasteiger partial charge in [0.2, 0.25) is 5.91 Å². The normalized spacial score (nSPS) is 24.6. The zero-order valence-corrected chi connectivity index (χ0v) is 14.7. The van der Waals surface area contributed by atoms with E-state index in [1.54, 1.807) is 17.2 Å². The van der Waals surface area contributed by atoms with Gasteiger partial charge in [0.15, 0.2) is 6.10 Å². The van der Waals surface area contributed by atoms with Crippen molar-refractivity contribution in [2.24, 2.45) is 5.92 Å². The van der Waals surface area contributed by atoms with Crippen molar-refractivity contribution in [2.75, 3.05) is 25.3 Å². The monoisotopic (exact) mass is 370 g/mol. The summed E-state index contributed by atoms with van der Waals surface area (Å²) in [7, 11) is 1.51. The second-order valence-electron chi connectivity index (χ2n) is 6.53. The number of ether oxygens (including phenoxy) is 1. The molecule has 0 N–H and O–H groups in total. The molecular formula is C20H19FN2O4. The van der Waals surface area contributed by atoms with Crippen molar-refractivity contribution in [2.45, 2.75) is 12.1 Å². The molecule has 0 radical (unpaired) electrons. The summed E-state index contributed by atoms with van der Waals surface area (Å²) < 4.78 is 18.4. The van der Waals surface area contributed by atoms with Gasteiger partial charge >= 0.3 is 0 Å². The molecule has 2 aromatic carbocycles. The SMILES string of the molecule is COCCN1C(=O)[C@@H]2[C@H](ON(c3ccccc3)[C@@H]2c2ccc(F)cc2)C1=O. The Bertz CT molecular complexity index is 843. The van der Waals surface area contributed by atoms with Crippen LogP contribution in [0.25, 0.3) is 0 Å². The topological polar surface area (TPSA) is 59.1 Å². The summed E-state index contributed by atoms with van der Waals surface area (Å²) in [4.78, 5) is 32.9. The summed E-state index contributed by atoms with van der Waals surface area (Å²) in [6.45, 7) is 0.451. The first-order valence-electron chi connectivity index (χ1n) is 8.72. The number of nitrogens with zero attached hydrogens (tertiary/aromatic N) is 2. The lowest BCUT2D eigenvalue weighted by Gasteiger charge is -2.28. The van der Waals surface area contributed by atoms with Crippen molar-refractivity contribution in [3.8, 4) is 0 Å². The van der Waals surface area contributed by atoms with E-state index in [-0.39, 0.29) is 30.8 Å². The Kier molecular flexibility index (Phi) is 4.63. The van der Waals surface area contributed by atoms with Crippen LogP contribution in [-0.4, -0.2) is 43.1 Å². The molecule has 2 aliphatic heterocycles. The summed E-state index contributed by atoms with van der Waals surface area (Å²) >= 11 is 0. The van der Waals surface area contributed by atoms with Crippen LogP contribution in [0.5, 0.6) is 0 Å². The van der Waals surface area contributed by atoms with Crippen LogP contribution in [0.4, 0.5) is 10.1 Å². The fraction of sp³-hybridized carbons (Fsp3) is 0.300. The van der Waals surface area contributed by atoms with E-state index >= 15 is 0 Å². The second-order valence-corrected chi connectivity index (χ2v) is 6.53. The zero-order chi connectivity index (χ0) is 19.0. The first-order chi connectivity index (χ1) is 13.1. The highest BCUT2D eigenvalue weighted by Crippen LogP contribution is 2.46. The standard InChI is InChI=1S/C20H19FN2O4/c1-26-12-11-22-19(24)16-17(13-7-9-14(21)10-8-13)23(27-18(16)20(22)25)15-5-3-2-4-6-15/h2-10,16-18H,11-12H2,1H3/t16-,17+,18-/m0/s1. The molecule has 2 amide bonds. The van der Waals surface area contributed by atoms with Gasteiger partial charge in [0.05, 0.1) is 24.9 Å². The van der Waals surface area contributed by atoms with E-state index in [2.05, 4.69) is 0 Å². The fourth-order valence-corrected chi connectivity index (χ4v) is 3.67. The Morgan fingerprint density at radius 1 is 1.04 bits per heavy atom. The number of hydroxylamine groups is 1. The van der Waals surface area contributed by atoms with Crippen molar-refractivity contribution >= 4 is 17.5 Å². The van der Waals surface area contributed by atoms with Crippen molar-refractivity contribution < 1.29 is 23.6 Å². The van der Waals surface area contributed by atoms with Crippen molar-refractivity contribution in [1.29, 1.82) is 0 Å². The fourth-order valence-electron chi connectivity index (χ4n) is 3.67. The third-order valence-electron chi connectivity index (χ3n) is 4.95. The maximum atomic E-state index is 13.4. The largest absolute Gasteiger partial charge is 0.383 e.